The topological polar surface area (TPSA) is 43.1 Å². The highest BCUT2D eigenvalue weighted by Gasteiger charge is 2.80. The molecule has 2 N–H and O–H groups in total. The Balaban J connectivity index is 1.95. The normalized spacial score (nSPS) is 38.4. The largest absolute Gasteiger partial charge is 0.369 e. The fourth-order valence-electron chi connectivity index (χ4n) is 3.00. The lowest BCUT2D eigenvalue weighted by Gasteiger charge is -2.28. The molecule has 2 aliphatic rings. The average Bonchev–Trinajstić information content (AvgIpc) is 2.67. The van der Waals surface area contributed by atoms with Crippen LogP contribution < -0.4 is 5.73 Å². The molecule has 2 fully saturated rings. The molecule has 6 heteroatoms. The number of halogens is 4. The average molecular weight is 267 g/mol. The summed E-state index contributed by atoms with van der Waals surface area (Å²) in [4.78, 5) is 11.1. The van der Waals surface area contributed by atoms with Crippen LogP contribution in [-0.2, 0) is 4.79 Å². The van der Waals surface area contributed by atoms with Crippen molar-refractivity contribution in [3.05, 3.63) is 0 Å². The maximum Gasteiger partial charge on any atom is 0.266 e. The Labute approximate surface area is 103 Å². The van der Waals surface area contributed by atoms with Crippen molar-refractivity contribution in [3.63, 3.8) is 0 Å². The van der Waals surface area contributed by atoms with Crippen LogP contribution in [0, 0.1) is 17.3 Å². The predicted molar refractivity (Wildman–Crippen MR) is 57.3 cm³/mol. The molecule has 1 amide bonds. The molecular formula is C12H17F4NO. The number of nitrogens with two attached hydrogens (primary N) is 1. The van der Waals surface area contributed by atoms with E-state index in [2.05, 4.69) is 0 Å². The first-order valence-corrected chi connectivity index (χ1v) is 6.17. The molecule has 2 unspecified atom stereocenters. The zero-order valence-corrected chi connectivity index (χ0v) is 10.2. The maximum atomic E-state index is 13.6. The highest BCUT2D eigenvalue weighted by atomic mass is 19.3. The SMILES string of the molecule is CC1(C(N)=O)C(CC2CCC(F)(F)CC2)C1(F)F. The van der Waals surface area contributed by atoms with E-state index >= 15 is 0 Å². The van der Waals surface area contributed by atoms with Gasteiger partial charge in [-0.25, -0.2) is 17.6 Å². The molecule has 18 heavy (non-hydrogen) atoms. The number of primary amides is 1. The van der Waals surface area contributed by atoms with Crippen LogP contribution in [0.1, 0.15) is 39.0 Å². The van der Waals surface area contributed by atoms with Crippen LogP contribution in [0.25, 0.3) is 0 Å². The fraction of sp³-hybridized carbons (Fsp3) is 0.917. The monoisotopic (exact) mass is 267 g/mol. The van der Waals surface area contributed by atoms with Gasteiger partial charge in [0.05, 0.1) is 0 Å². The molecule has 0 aliphatic heterocycles. The lowest BCUT2D eigenvalue weighted by atomic mass is 9.82. The van der Waals surface area contributed by atoms with Gasteiger partial charge in [0, 0.05) is 18.8 Å². The lowest BCUT2D eigenvalue weighted by molar-refractivity contribution is -0.126. The molecular weight excluding hydrogens is 250 g/mol. The summed E-state index contributed by atoms with van der Waals surface area (Å²) < 4.78 is 53.0. The van der Waals surface area contributed by atoms with Gasteiger partial charge in [0.25, 0.3) is 5.92 Å². The van der Waals surface area contributed by atoms with Gasteiger partial charge in [-0.3, -0.25) is 4.79 Å². The van der Waals surface area contributed by atoms with Crippen LogP contribution >= 0.6 is 0 Å². The van der Waals surface area contributed by atoms with E-state index in [0.717, 1.165) is 6.92 Å². The van der Waals surface area contributed by atoms with Crippen molar-refractivity contribution >= 4 is 5.91 Å². The summed E-state index contributed by atoms with van der Waals surface area (Å²) in [5.74, 6) is -7.98. The second-order valence-corrected chi connectivity index (χ2v) is 5.78. The first-order valence-electron chi connectivity index (χ1n) is 6.17. The third kappa shape index (κ3) is 1.89. The lowest BCUT2D eigenvalue weighted by Crippen LogP contribution is -2.28. The van der Waals surface area contributed by atoms with Crippen molar-refractivity contribution in [2.75, 3.05) is 0 Å². The molecule has 2 rings (SSSR count). The van der Waals surface area contributed by atoms with E-state index < -0.39 is 29.1 Å². The molecule has 0 saturated heterocycles. The van der Waals surface area contributed by atoms with E-state index in [1.54, 1.807) is 0 Å². The van der Waals surface area contributed by atoms with Gasteiger partial charge in [0.15, 0.2) is 0 Å². The van der Waals surface area contributed by atoms with Crippen molar-refractivity contribution < 1.29 is 22.4 Å². The smallest absolute Gasteiger partial charge is 0.266 e. The van der Waals surface area contributed by atoms with Crippen LogP contribution in [0.15, 0.2) is 0 Å². The number of hydrogen-bond acceptors (Lipinski definition) is 1. The summed E-state index contributed by atoms with van der Waals surface area (Å²) >= 11 is 0. The molecule has 0 aromatic carbocycles. The highest BCUT2D eigenvalue weighted by Crippen LogP contribution is 2.68. The van der Waals surface area contributed by atoms with E-state index in [1.165, 1.54) is 0 Å². The van der Waals surface area contributed by atoms with Gasteiger partial charge in [0.1, 0.15) is 5.41 Å². The molecule has 0 radical (unpaired) electrons. The van der Waals surface area contributed by atoms with Crippen LogP contribution in [0.4, 0.5) is 17.6 Å². The third-order valence-corrected chi connectivity index (χ3v) is 4.66. The van der Waals surface area contributed by atoms with Crippen LogP contribution in [0.3, 0.4) is 0 Å². The second-order valence-electron chi connectivity index (χ2n) is 5.78. The number of hydrogen-bond donors (Lipinski definition) is 1. The van der Waals surface area contributed by atoms with Crippen LogP contribution in [0.5, 0.6) is 0 Å². The third-order valence-electron chi connectivity index (χ3n) is 4.66. The molecule has 104 valence electrons. The summed E-state index contributed by atoms with van der Waals surface area (Å²) in [6.45, 7) is 1.16. The minimum absolute atomic E-state index is 0.114. The van der Waals surface area contributed by atoms with E-state index in [1.807, 2.05) is 0 Å². The van der Waals surface area contributed by atoms with Crippen LogP contribution in [-0.4, -0.2) is 17.8 Å². The molecule has 0 aromatic heterocycles. The number of rotatable bonds is 3. The molecule has 0 spiro atoms. The van der Waals surface area contributed by atoms with E-state index in [-0.39, 0.29) is 38.0 Å². The standard InChI is InChI=1S/C12H17F4NO/c1-10(9(17)18)8(12(10,15)16)6-7-2-4-11(13,14)5-3-7/h7-8H,2-6H2,1H3,(H2,17,18). The summed E-state index contributed by atoms with van der Waals surface area (Å²) in [7, 11) is 0. The van der Waals surface area contributed by atoms with Crippen LogP contribution in [0.2, 0.25) is 0 Å². The highest BCUT2D eigenvalue weighted by molar-refractivity contribution is 5.86. The molecule has 2 saturated carbocycles. The van der Waals surface area contributed by atoms with Crippen molar-refractivity contribution in [1.82, 2.24) is 0 Å². The molecule has 0 bridgehead atoms. The number of alkyl halides is 4. The van der Waals surface area contributed by atoms with Gasteiger partial charge in [-0.15, -0.1) is 0 Å². The van der Waals surface area contributed by atoms with Gasteiger partial charge in [-0.1, -0.05) is 0 Å². The Hall–Kier alpha value is -0.810. The molecule has 2 aliphatic carbocycles. The van der Waals surface area contributed by atoms with E-state index in [4.69, 9.17) is 5.73 Å². The Bertz CT molecular complexity index is 361. The summed E-state index contributed by atoms with van der Waals surface area (Å²) in [6.07, 6.45) is 0.109. The fourth-order valence-corrected chi connectivity index (χ4v) is 3.00. The number of amides is 1. The van der Waals surface area contributed by atoms with Crippen molar-refractivity contribution in [3.8, 4) is 0 Å². The Morgan fingerprint density at radius 1 is 1.22 bits per heavy atom. The molecule has 2 nitrogen and oxygen atoms in total. The van der Waals surface area contributed by atoms with E-state index in [0.29, 0.717) is 0 Å². The zero-order valence-electron chi connectivity index (χ0n) is 10.2. The Kier molecular flexibility index (Phi) is 2.91. The second kappa shape index (κ2) is 3.84. The minimum atomic E-state index is -3.08. The molecule has 0 aromatic rings. The maximum absolute atomic E-state index is 13.6. The van der Waals surface area contributed by atoms with Gasteiger partial charge in [-0.05, 0) is 32.1 Å². The predicted octanol–water partition coefficient (Wildman–Crippen LogP) is 2.96. The first kappa shape index (κ1) is 13.6. The first-order chi connectivity index (χ1) is 8.11. The van der Waals surface area contributed by atoms with Crippen molar-refractivity contribution in [1.29, 1.82) is 0 Å². The Morgan fingerprint density at radius 3 is 2.11 bits per heavy atom. The van der Waals surface area contributed by atoms with Crippen molar-refractivity contribution in [2.24, 2.45) is 23.0 Å². The van der Waals surface area contributed by atoms with Gasteiger partial charge >= 0.3 is 0 Å². The molecule has 0 heterocycles. The summed E-state index contributed by atoms with van der Waals surface area (Å²) in [5, 5.41) is 0. The van der Waals surface area contributed by atoms with Gasteiger partial charge < -0.3 is 5.73 Å². The summed E-state index contributed by atoms with van der Waals surface area (Å²) in [6, 6.07) is 0. The number of carbonyl (C=O) groups excluding carboxylic acids is 1. The van der Waals surface area contributed by atoms with E-state index in [9.17, 15) is 22.4 Å². The van der Waals surface area contributed by atoms with Gasteiger partial charge in [0.2, 0.25) is 11.8 Å². The zero-order chi connectivity index (χ0) is 13.8. The summed E-state index contributed by atoms with van der Waals surface area (Å²) in [5.41, 5.74) is 3.22. The Morgan fingerprint density at radius 2 is 1.72 bits per heavy atom. The van der Waals surface area contributed by atoms with Gasteiger partial charge in [-0.2, -0.15) is 0 Å². The number of carbonyl (C=O) groups is 1. The van der Waals surface area contributed by atoms with Crippen molar-refractivity contribution in [2.45, 2.75) is 50.9 Å². The minimum Gasteiger partial charge on any atom is -0.369 e. The molecule has 2 atom stereocenters. The quantitative estimate of drug-likeness (QED) is 0.785.